The van der Waals surface area contributed by atoms with E-state index in [2.05, 4.69) is 50.9 Å². The fourth-order valence-corrected chi connectivity index (χ4v) is 5.19. The Balaban J connectivity index is 1.45. The zero-order valence-electron chi connectivity index (χ0n) is 19.0. The lowest BCUT2D eigenvalue weighted by Gasteiger charge is -2.48. The molecule has 1 fully saturated rings. The summed E-state index contributed by atoms with van der Waals surface area (Å²) in [7, 11) is 1.41. The van der Waals surface area contributed by atoms with Gasteiger partial charge in [0.25, 0.3) is 0 Å². The lowest BCUT2D eigenvalue weighted by atomic mass is 9.84. The molecule has 0 saturated carbocycles. The zero-order chi connectivity index (χ0) is 23.0. The first-order valence-electron chi connectivity index (χ1n) is 11.3. The number of rotatable bonds is 3. The minimum absolute atomic E-state index is 0.284. The van der Waals surface area contributed by atoms with Crippen LogP contribution in [0.3, 0.4) is 0 Å². The molecule has 1 saturated heterocycles. The van der Waals surface area contributed by atoms with Crippen molar-refractivity contribution in [3.63, 3.8) is 0 Å². The van der Waals surface area contributed by atoms with Crippen LogP contribution in [0.4, 0.5) is 9.18 Å². The molecule has 0 bridgehead atoms. The minimum Gasteiger partial charge on any atom is -0.453 e. The summed E-state index contributed by atoms with van der Waals surface area (Å²) in [4.78, 5) is 16.6. The van der Waals surface area contributed by atoms with E-state index in [0.29, 0.717) is 13.1 Å². The Morgan fingerprint density at radius 1 is 1.12 bits per heavy atom. The van der Waals surface area contributed by atoms with Crippen molar-refractivity contribution in [2.75, 3.05) is 26.7 Å². The fraction of sp³-hybridized carbons (Fsp3) is 0.400. The average molecular weight is 450 g/mol. The number of halogens is 1. The zero-order valence-corrected chi connectivity index (χ0v) is 19.0. The van der Waals surface area contributed by atoms with Gasteiger partial charge in [0.05, 0.1) is 19.2 Å². The monoisotopic (exact) mass is 449 g/mol. The maximum Gasteiger partial charge on any atom is 0.409 e. The first-order valence-corrected chi connectivity index (χ1v) is 11.3. The van der Waals surface area contributed by atoms with Crippen molar-refractivity contribution in [2.24, 2.45) is 0 Å². The minimum atomic E-state index is -0.353. The molecule has 1 aromatic heterocycles. The lowest BCUT2D eigenvalue weighted by molar-refractivity contribution is 0.0341. The van der Waals surface area contributed by atoms with Crippen molar-refractivity contribution in [3.8, 4) is 11.4 Å². The summed E-state index contributed by atoms with van der Waals surface area (Å²) in [5, 5.41) is 8.89. The number of piperidine rings is 1. The van der Waals surface area contributed by atoms with Gasteiger partial charge in [-0.15, -0.1) is 10.2 Å². The highest BCUT2D eigenvalue weighted by molar-refractivity contribution is 5.68. The van der Waals surface area contributed by atoms with Crippen molar-refractivity contribution >= 4 is 6.09 Å². The van der Waals surface area contributed by atoms with Crippen LogP contribution >= 0.6 is 0 Å². The number of likely N-dealkylation sites (tertiary alicyclic amines) is 1. The summed E-state index contributed by atoms with van der Waals surface area (Å²) in [6.07, 6.45) is 1.35. The molecule has 2 aliphatic heterocycles. The normalized spacial score (nSPS) is 17.7. The topological polar surface area (TPSA) is 63.5 Å². The van der Waals surface area contributed by atoms with E-state index in [4.69, 9.17) is 4.74 Å². The molecule has 2 aliphatic rings. The number of hydrogen-bond acceptors (Lipinski definition) is 5. The number of fused-ring (bicyclic) bond motifs is 2. The maximum atomic E-state index is 13.5. The third kappa shape index (κ3) is 4.11. The average Bonchev–Trinajstić information content (AvgIpc) is 3.26. The highest BCUT2D eigenvalue weighted by Crippen LogP contribution is 2.39. The van der Waals surface area contributed by atoms with Crippen LogP contribution in [0, 0.1) is 12.7 Å². The SMILES string of the molecule is COC(=O)N1Cc2nnc(-c3ccc(F)cc3)n2C2(CCN(Cc3cccc(C)c3)CC2)C1. The highest BCUT2D eigenvalue weighted by Gasteiger charge is 2.45. The van der Waals surface area contributed by atoms with Crippen LogP contribution in [-0.2, 0) is 23.4 Å². The molecular weight excluding hydrogens is 421 g/mol. The van der Waals surface area contributed by atoms with Crippen LogP contribution in [0.15, 0.2) is 48.5 Å². The van der Waals surface area contributed by atoms with Gasteiger partial charge in [0.1, 0.15) is 5.82 Å². The largest absolute Gasteiger partial charge is 0.453 e. The smallest absolute Gasteiger partial charge is 0.409 e. The predicted molar refractivity (Wildman–Crippen MR) is 122 cm³/mol. The number of hydrogen-bond donors (Lipinski definition) is 0. The number of benzene rings is 2. The van der Waals surface area contributed by atoms with Crippen LogP contribution in [0.5, 0.6) is 0 Å². The number of aromatic nitrogens is 3. The van der Waals surface area contributed by atoms with Crippen LogP contribution in [0.25, 0.3) is 11.4 Å². The van der Waals surface area contributed by atoms with Crippen molar-refractivity contribution in [2.45, 2.75) is 38.4 Å². The van der Waals surface area contributed by atoms with E-state index in [1.807, 2.05) is 0 Å². The molecule has 0 atom stereocenters. The Hall–Kier alpha value is -3.26. The molecule has 33 heavy (non-hydrogen) atoms. The molecule has 2 aromatic carbocycles. The second kappa shape index (κ2) is 8.59. The van der Waals surface area contributed by atoms with Crippen LogP contribution in [-0.4, -0.2) is 57.4 Å². The Morgan fingerprint density at radius 3 is 2.58 bits per heavy atom. The number of methoxy groups -OCH3 is 1. The van der Waals surface area contributed by atoms with Crippen molar-refractivity contribution in [1.29, 1.82) is 0 Å². The Kier molecular flexibility index (Phi) is 5.62. The van der Waals surface area contributed by atoms with Gasteiger partial charge in [-0.1, -0.05) is 29.8 Å². The Morgan fingerprint density at radius 2 is 1.88 bits per heavy atom. The standard InChI is InChI=1S/C25H28FN5O2/c1-18-4-3-5-19(14-18)15-29-12-10-25(11-13-29)17-30(24(32)33-2)16-22-27-28-23(31(22)25)20-6-8-21(26)9-7-20/h3-9,14H,10-13,15-17H2,1-2H3. The van der Waals surface area contributed by atoms with Crippen LogP contribution in [0.2, 0.25) is 0 Å². The molecular formula is C25H28FN5O2. The number of carbonyl (C=O) groups excluding carboxylic acids is 1. The number of nitrogens with zero attached hydrogens (tertiary/aromatic N) is 5. The second-order valence-electron chi connectivity index (χ2n) is 9.10. The number of aryl methyl sites for hydroxylation is 1. The maximum absolute atomic E-state index is 13.5. The Bertz CT molecular complexity index is 1150. The van der Waals surface area contributed by atoms with Gasteiger partial charge < -0.3 is 9.30 Å². The number of carbonyl (C=O) groups is 1. The lowest BCUT2D eigenvalue weighted by Crippen LogP contribution is -2.57. The molecule has 1 spiro atoms. The van der Waals surface area contributed by atoms with Crippen molar-refractivity contribution < 1.29 is 13.9 Å². The van der Waals surface area contributed by atoms with Gasteiger partial charge in [-0.2, -0.15) is 0 Å². The third-order valence-electron chi connectivity index (χ3n) is 6.83. The molecule has 0 unspecified atom stereocenters. The summed E-state index contributed by atoms with van der Waals surface area (Å²) in [5.74, 6) is 1.17. The number of ether oxygens (including phenoxy) is 1. The molecule has 1 amide bonds. The molecule has 3 aromatic rings. The summed E-state index contributed by atoms with van der Waals surface area (Å²) >= 11 is 0. The fourth-order valence-electron chi connectivity index (χ4n) is 5.19. The molecule has 0 aliphatic carbocycles. The van der Waals surface area contributed by atoms with Crippen molar-refractivity contribution in [1.82, 2.24) is 24.6 Å². The molecule has 8 heteroatoms. The molecule has 0 N–H and O–H groups in total. The summed E-state index contributed by atoms with van der Waals surface area (Å²) in [5.41, 5.74) is 3.06. The van der Waals surface area contributed by atoms with E-state index in [-0.39, 0.29) is 17.4 Å². The summed E-state index contributed by atoms with van der Waals surface area (Å²) < 4.78 is 20.8. The molecule has 172 valence electrons. The van der Waals surface area contributed by atoms with Crippen LogP contribution < -0.4 is 0 Å². The van der Waals surface area contributed by atoms with E-state index in [9.17, 15) is 9.18 Å². The summed E-state index contributed by atoms with van der Waals surface area (Å²) in [6.45, 7) is 5.68. The molecule has 5 rings (SSSR count). The third-order valence-corrected chi connectivity index (χ3v) is 6.83. The van der Waals surface area contributed by atoms with E-state index in [1.165, 1.54) is 30.4 Å². The molecule has 7 nitrogen and oxygen atoms in total. The second-order valence-corrected chi connectivity index (χ2v) is 9.10. The van der Waals surface area contributed by atoms with E-state index in [1.54, 1.807) is 17.0 Å². The highest BCUT2D eigenvalue weighted by atomic mass is 19.1. The van der Waals surface area contributed by atoms with E-state index in [0.717, 1.165) is 49.7 Å². The molecule has 0 radical (unpaired) electrons. The first-order chi connectivity index (χ1) is 16.0. The molecule has 3 heterocycles. The van der Waals surface area contributed by atoms with Gasteiger partial charge in [-0.25, -0.2) is 9.18 Å². The van der Waals surface area contributed by atoms with Gasteiger partial charge in [-0.05, 0) is 49.6 Å². The number of amides is 1. The van der Waals surface area contributed by atoms with Crippen LogP contribution in [0.1, 0.15) is 29.8 Å². The summed E-state index contributed by atoms with van der Waals surface area (Å²) in [6, 6.07) is 15.0. The van der Waals surface area contributed by atoms with Gasteiger partial charge in [0, 0.05) is 31.7 Å². The van der Waals surface area contributed by atoms with Gasteiger partial charge in [0.2, 0.25) is 0 Å². The van der Waals surface area contributed by atoms with Gasteiger partial charge >= 0.3 is 6.09 Å². The van der Waals surface area contributed by atoms with Crippen molar-refractivity contribution in [3.05, 3.63) is 71.3 Å². The Labute approximate surface area is 192 Å². The quantitative estimate of drug-likeness (QED) is 0.606. The first kappa shape index (κ1) is 21.6. The predicted octanol–water partition coefficient (Wildman–Crippen LogP) is 3.97. The van der Waals surface area contributed by atoms with E-state index < -0.39 is 0 Å². The van der Waals surface area contributed by atoms with Gasteiger partial charge in [-0.3, -0.25) is 9.80 Å². The van der Waals surface area contributed by atoms with Gasteiger partial charge in [0.15, 0.2) is 11.6 Å². The van der Waals surface area contributed by atoms with E-state index >= 15 is 0 Å².